The molecule has 1 aromatic carbocycles. The minimum absolute atomic E-state index is 0.319. The summed E-state index contributed by atoms with van der Waals surface area (Å²) in [6.07, 6.45) is 1.65. The zero-order valence-electron chi connectivity index (χ0n) is 7.16. The fourth-order valence-corrected chi connectivity index (χ4v) is 1.76. The molecule has 0 bridgehead atoms. The molecule has 0 fully saturated rings. The van der Waals surface area contributed by atoms with Gasteiger partial charge in [0.05, 0.1) is 16.9 Å². The van der Waals surface area contributed by atoms with Gasteiger partial charge in [-0.05, 0) is 12.1 Å². The van der Waals surface area contributed by atoms with E-state index < -0.39 is 7.60 Å². The van der Waals surface area contributed by atoms with Crippen LogP contribution in [0.25, 0.3) is 6.08 Å². The Morgan fingerprint density at radius 3 is 2.64 bits per heavy atom. The summed E-state index contributed by atoms with van der Waals surface area (Å²) in [6, 6.07) is 7.33. The van der Waals surface area contributed by atoms with Gasteiger partial charge in [-0.2, -0.15) is 0 Å². The van der Waals surface area contributed by atoms with Gasteiger partial charge in [-0.15, -0.1) is 0 Å². The highest BCUT2D eigenvalue weighted by molar-refractivity contribution is 7.55. The van der Waals surface area contributed by atoms with Crippen LogP contribution in [0, 0.1) is 0 Å². The minimum Gasteiger partial charge on any atom is -0.321 e. The molecule has 1 aliphatic heterocycles. The third kappa shape index (κ3) is 1.99. The second-order valence-electron chi connectivity index (χ2n) is 2.96. The van der Waals surface area contributed by atoms with Gasteiger partial charge in [-0.1, -0.05) is 18.2 Å². The summed E-state index contributed by atoms with van der Waals surface area (Å²) in [5, 5.41) is 1.62. The Kier molecular flexibility index (Phi) is 2.11. The predicted octanol–water partition coefficient (Wildman–Crippen LogP) is 0.119. The quantitative estimate of drug-likeness (QED) is 0.645. The van der Waals surface area contributed by atoms with E-state index in [1.54, 1.807) is 12.1 Å². The van der Waals surface area contributed by atoms with E-state index in [0.717, 1.165) is 16.4 Å². The van der Waals surface area contributed by atoms with Crippen LogP contribution < -0.4 is 10.6 Å². The van der Waals surface area contributed by atoms with Crippen LogP contribution in [0.2, 0.25) is 0 Å². The van der Waals surface area contributed by atoms with Crippen molar-refractivity contribution < 1.29 is 14.4 Å². The van der Waals surface area contributed by atoms with E-state index >= 15 is 0 Å². The topological polar surface area (TPSA) is 69.9 Å². The first-order valence-corrected chi connectivity index (χ1v) is 5.66. The number of hydrogen-bond acceptors (Lipinski definition) is 2. The van der Waals surface area contributed by atoms with Crippen LogP contribution in [0.5, 0.6) is 0 Å². The number of nitrogens with zero attached hydrogens (tertiary/aromatic N) is 1. The summed E-state index contributed by atoms with van der Waals surface area (Å²) in [5.41, 5.74) is 0.319. The highest BCUT2D eigenvalue weighted by atomic mass is 31.2. The van der Waals surface area contributed by atoms with Crippen LogP contribution >= 0.6 is 7.60 Å². The summed E-state index contributed by atoms with van der Waals surface area (Å²) in [7, 11) is -4.13. The van der Waals surface area contributed by atoms with Crippen LogP contribution in [0.15, 0.2) is 40.8 Å². The van der Waals surface area contributed by atoms with Crippen molar-refractivity contribution in [1.29, 1.82) is 0 Å². The van der Waals surface area contributed by atoms with Crippen LogP contribution in [0.4, 0.5) is 0 Å². The van der Waals surface area contributed by atoms with Crippen molar-refractivity contribution in [2.45, 2.75) is 0 Å². The van der Waals surface area contributed by atoms with Crippen molar-refractivity contribution in [3.05, 3.63) is 46.4 Å². The van der Waals surface area contributed by atoms with Gasteiger partial charge in [0, 0.05) is 5.22 Å². The molecule has 0 amide bonds. The molecule has 1 aromatic rings. The lowest BCUT2D eigenvalue weighted by atomic mass is 10.3. The Balaban J connectivity index is 2.56. The maximum Gasteiger partial charge on any atom is 0.351 e. The van der Waals surface area contributed by atoms with E-state index in [2.05, 4.69) is 4.99 Å². The summed E-state index contributed by atoms with van der Waals surface area (Å²) in [4.78, 5) is 21.5. The highest BCUT2D eigenvalue weighted by Gasteiger charge is 2.10. The number of allylic oxidation sites excluding steroid dienone is 1. The van der Waals surface area contributed by atoms with Gasteiger partial charge in [0.1, 0.15) is 0 Å². The molecule has 0 aliphatic carbocycles. The maximum atomic E-state index is 10.7. The van der Waals surface area contributed by atoms with Crippen molar-refractivity contribution in [3.8, 4) is 0 Å². The van der Waals surface area contributed by atoms with E-state index in [0.29, 0.717) is 5.70 Å². The predicted molar refractivity (Wildman–Crippen MR) is 51.8 cm³/mol. The second-order valence-corrected chi connectivity index (χ2v) is 4.39. The molecule has 1 heterocycles. The molecule has 2 rings (SSSR count). The molecule has 0 saturated carbocycles. The average molecular weight is 209 g/mol. The third-order valence-corrected chi connectivity index (χ3v) is 2.39. The normalized spacial score (nSPS) is 17.4. The Labute approximate surface area is 80.1 Å². The lowest BCUT2D eigenvalue weighted by molar-refractivity contribution is 0.386. The zero-order valence-corrected chi connectivity index (χ0v) is 8.06. The molecule has 0 radical (unpaired) electrons. The molecular formula is C9H8NO3P. The molecule has 0 atom stereocenters. The Bertz CT molecular complexity index is 519. The zero-order chi connectivity index (χ0) is 10.2. The monoisotopic (exact) mass is 209 g/mol. The number of benzene rings is 1. The van der Waals surface area contributed by atoms with Crippen LogP contribution in [-0.2, 0) is 4.57 Å². The van der Waals surface area contributed by atoms with Crippen molar-refractivity contribution >= 4 is 13.7 Å². The van der Waals surface area contributed by atoms with E-state index in [9.17, 15) is 4.57 Å². The smallest absolute Gasteiger partial charge is 0.321 e. The SMILES string of the molecule is O=P(O)(O)C=C1C=c2ccccc2=N1. The number of rotatable bonds is 1. The van der Waals surface area contributed by atoms with Crippen LogP contribution in [-0.4, -0.2) is 9.79 Å². The molecule has 0 aromatic heterocycles. The summed E-state index contributed by atoms with van der Waals surface area (Å²) in [5.74, 6) is 0.868. The molecule has 0 spiro atoms. The van der Waals surface area contributed by atoms with Gasteiger partial charge in [0.2, 0.25) is 0 Å². The van der Waals surface area contributed by atoms with Gasteiger partial charge in [-0.25, -0.2) is 4.99 Å². The van der Waals surface area contributed by atoms with Gasteiger partial charge in [0.25, 0.3) is 0 Å². The number of para-hydroxylation sites is 1. The standard InChI is InChI=1S/C9H8NO3P/c11-14(12,13)6-8-5-7-3-1-2-4-9(7)10-8/h1-6H,(H2,11,12,13). The third-order valence-electron chi connectivity index (χ3n) is 1.79. The first-order chi connectivity index (χ1) is 6.54. The molecular weight excluding hydrogens is 201 g/mol. The molecule has 72 valence electrons. The average Bonchev–Trinajstić information content (AvgIpc) is 2.42. The molecule has 0 saturated heterocycles. The van der Waals surface area contributed by atoms with Crippen LogP contribution in [0.1, 0.15) is 0 Å². The number of hydrogen-bond donors (Lipinski definition) is 2. The maximum absolute atomic E-state index is 10.7. The van der Waals surface area contributed by atoms with Crippen molar-refractivity contribution in [2.24, 2.45) is 4.99 Å². The lowest BCUT2D eigenvalue weighted by Crippen LogP contribution is -2.19. The first kappa shape index (κ1) is 9.34. The van der Waals surface area contributed by atoms with Gasteiger partial charge >= 0.3 is 7.60 Å². The fraction of sp³-hybridized carbons (Fsp3) is 0. The van der Waals surface area contributed by atoms with E-state index in [-0.39, 0.29) is 0 Å². The van der Waals surface area contributed by atoms with Gasteiger partial charge < -0.3 is 9.79 Å². The minimum atomic E-state index is -4.13. The fourth-order valence-electron chi connectivity index (χ4n) is 1.28. The van der Waals surface area contributed by atoms with E-state index in [4.69, 9.17) is 9.79 Å². The molecule has 14 heavy (non-hydrogen) atoms. The van der Waals surface area contributed by atoms with Gasteiger partial charge in [-0.3, -0.25) is 4.57 Å². The molecule has 5 heteroatoms. The van der Waals surface area contributed by atoms with Gasteiger partial charge in [0.15, 0.2) is 0 Å². The van der Waals surface area contributed by atoms with Crippen molar-refractivity contribution in [2.75, 3.05) is 0 Å². The second kappa shape index (κ2) is 3.17. The molecule has 1 aliphatic rings. The Hall–Kier alpha value is -1.22. The molecule has 2 N–H and O–H groups in total. The van der Waals surface area contributed by atoms with Crippen LogP contribution in [0.3, 0.4) is 0 Å². The Morgan fingerprint density at radius 1 is 1.29 bits per heavy atom. The Morgan fingerprint density at radius 2 is 2.00 bits per heavy atom. The van der Waals surface area contributed by atoms with E-state index in [1.807, 2.05) is 18.2 Å². The summed E-state index contributed by atoms with van der Waals surface area (Å²) < 4.78 is 10.7. The lowest BCUT2D eigenvalue weighted by Gasteiger charge is -1.94. The molecule has 0 unspecified atom stereocenters. The summed E-state index contributed by atoms with van der Waals surface area (Å²) in [6.45, 7) is 0. The number of fused-ring (bicyclic) bond motifs is 1. The first-order valence-electron chi connectivity index (χ1n) is 3.98. The molecule has 4 nitrogen and oxygen atoms in total. The summed E-state index contributed by atoms with van der Waals surface area (Å²) >= 11 is 0. The highest BCUT2D eigenvalue weighted by Crippen LogP contribution is 2.38. The largest absolute Gasteiger partial charge is 0.351 e. The van der Waals surface area contributed by atoms with Crippen molar-refractivity contribution in [3.63, 3.8) is 0 Å². The van der Waals surface area contributed by atoms with E-state index in [1.165, 1.54) is 0 Å². The van der Waals surface area contributed by atoms with Crippen molar-refractivity contribution in [1.82, 2.24) is 0 Å².